The van der Waals surface area contributed by atoms with Gasteiger partial charge in [-0.25, -0.2) is 0 Å². The number of allylic oxidation sites excluding steroid dienone is 1. The van der Waals surface area contributed by atoms with Crippen LogP contribution in [0, 0.1) is 0 Å². The van der Waals surface area contributed by atoms with E-state index >= 15 is 0 Å². The summed E-state index contributed by atoms with van der Waals surface area (Å²) in [6.45, 7) is 8.14. The number of nitrogens with two attached hydrogens (primary N) is 1. The number of carbonyl (C=O) groups is 1. The highest BCUT2D eigenvalue weighted by atomic mass is 16.2. The minimum Gasteiger partial charge on any atom is -0.346 e. The third-order valence-corrected chi connectivity index (χ3v) is 1.93. The maximum Gasteiger partial charge on any atom is 0.224 e. The number of hydrogen-bond donors (Lipinski definition) is 1. The standard InChI is InChI=1S/C11H22N2O/c1-5-6-7-8-13(4)10(14)9-11(2,3)12/h5H,1,6-9,12H2,2-4H3. The Hall–Kier alpha value is -0.830. The molecule has 0 aliphatic rings. The first-order chi connectivity index (χ1) is 6.37. The molecule has 0 aliphatic heterocycles. The highest BCUT2D eigenvalue weighted by molar-refractivity contribution is 5.76. The Morgan fingerprint density at radius 1 is 1.57 bits per heavy atom. The molecule has 0 heterocycles. The molecule has 0 fully saturated rings. The number of hydrogen-bond acceptors (Lipinski definition) is 2. The van der Waals surface area contributed by atoms with Crippen molar-refractivity contribution in [2.75, 3.05) is 13.6 Å². The molecule has 1 amide bonds. The van der Waals surface area contributed by atoms with Crippen LogP contribution in [0.4, 0.5) is 0 Å². The van der Waals surface area contributed by atoms with Gasteiger partial charge in [0.05, 0.1) is 0 Å². The van der Waals surface area contributed by atoms with Gasteiger partial charge in [-0.05, 0) is 26.7 Å². The van der Waals surface area contributed by atoms with Crippen molar-refractivity contribution in [2.45, 2.75) is 38.6 Å². The van der Waals surface area contributed by atoms with Crippen molar-refractivity contribution in [2.24, 2.45) is 5.73 Å². The normalized spacial score (nSPS) is 11.1. The zero-order valence-electron chi connectivity index (χ0n) is 9.55. The molecule has 0 saturated heterocycles. The molecule has 0 atom stereocenters. The average molecular weight is 198 g/mol. The lowest BCUT2D eigenvalue weighted by Gasteiger charge is -2.23. The highest BCUT2D eigenvalue weighted by Crippen LogP contribution is 2.06. The molecule has 0 aromatic rings. The SMILES string of the molecule is C=CCCCN(C)C(=O)CC(C)(C)N. The van der Waals surface area contributed by atoms with Crippen molar-refractivity contribution < 1.29 is 4.79 Å². The van der Waals surface area contributed by atoms with E-state index < -0.39 is 5.54 Å². The topological polar surface area (TPSA) is 46.3 Å². The Morgan fingerprint density at radius 3 is 2.57 bits per heavy atom. The molecule has 3 heteroatoms. The van der Waals surface area contributed by atoms with E-state index in [0.29, 0.717) is 6.42 Å². The van der Waals surface area contributed by atoms with E-state index in [9.17, 15) is 4.79 Å². The molecule has 82 valence electrons. The van der Waals surface area contributed by atoms with Crippen LogP contribution in [-0.4, -0.2) is 29.9 Å². The lowest BCUT2D eigenvalue weighted by molar-refractivity contribution is -0.130. The second-order valence-electron chi connectivity index (χ2n) is 4.41. The molecule has 0 aromatic heterocycles. The quantitative estimate of drug-likeness (QED) is 0.520. The van der Waals surface area contributed by atoms with Gasteiger partial charge < -0.3 is 10.6 Å². The average Bonchev–Trinajstić information content (AvgIpc) is 2.01. The van der Waals surface area contributed by atoms with Gasteiger partial charge in [0.25, 0.3) is 0 Å². The van der Waals surface area contributed by atoms with E-state index in [2.05, 4.69) is 6.58 Å². The van der Waals surface area contributed by atoms with E-state index in [0.717, 1.165) is 19.4 Å². The second kappa shape index (κ2) is 5.81. The first-order valence-corrected chi connectivity index (χ1v) is 5.00. The second-order valence-corrected chi connectivity index (χ2v) is 4.41. The molecule has 0 spiro atoms. The number of amides is 1. The first kappa shape index (κ1) is 13.2. The summed E-state index contributed by atoms with van der Waals surface area (Å²) >= 11 is 0. The zero-order chi connectivity index (χ0) is 11.2. The summed E-state index contributed by atoms with van der Waals surface area (Å²) in [7, 11) is 1.82. The third kappa shape index (κ3) is 6.66. The van der Waals surface area contributed by atoms with Gasteiger partial charge in [-0.2, -0.15) is 0 Å². The zero-order valence-corrected chi connectivity index (χ0v) is 9.55. The Balaban J connectivity index is 3.82. The fraction of sp³-hybridized carbons (Fsp3) is 0.727. The maximum absolute atomic E-state index is 11.6. The van der Waals surface area contributed by atoms with Crippen LogP contribution in [0.2, 0.25) is 0 Å². The summed E-state index contributed by atoms with van der Waals surface area (Å²) in [5, 5.41) is 0. The van der Waals surface area contributed by atoms with Crippen molar-refractivity contribution in [3.05, 3.63) is 12.7 Å². The molecular formula is C11H22N2O. The fourth-order valence-electron chi connectivity index (χ4n) is 1.12. The molecule has 2 N–H and O–H groups in total. The number of nitrogens with zero attached hydrogens (tertiary/aromatic N) is 1. The van der Waals surface area contributed by atoms with Crippen LogP contribution in [0.5, 0.6) is 0 Å². The molecule has 0 aromatic carbocycles. The van der Waals surface area contributed by atoms with E-state index in [1.54, 1.807) is 4.90 Å². The van der Waals surface area contributed by atoms with E-state index in [4.69, 9.17) is 5.73 Å². The largest absolute Gasteiger partial charge is 0.346 e. The Labute approximate surface area is 87.0 Å². The Kier molecular flexibility index (Phi) is 5.46. The smallest absolute Gasteiger partial charge is 0.224 e. The van der Waals surface area contributed by atoms with Crippen molar-refractivity contribution in [3.63, 3.8) is 0 Å². The van der Waals surface area contributed by atoms with Crippen LogP contribution in [0.3, 0.4) is 0 Å². The van der Waals surface area contributed by atoms with Crippen LogP contribution < -0.4 is 5.73 Å². The number of carbonyl (C=O) groups excluding carboxylic acids is 1. The molecule has 0 bridgehead atoms. The summed E-state index contributed by atoms with van der Waals surface area (Å²) < 4.78 is 0. The lowest BCUT2D eigenvalue weighted by atomic mass is 10.0. The Bertz CT molecular complexity index is 194. The van der Waals surface area contributed by atoms with Gasteiger partial charge in [0, 0.05) is 25.6 Å². The number of rotatable bonds is 6. The Morgan fingerprint density at radius 2 is 2.14 bits per heavy atom. The number of unbranched alkanes of at least 4 members (excludes halogenated alkanes) is 1. The minimum absolute atomic E-state index is 0.113. The van der Waals surface area contributed by atoms with E-state index in [-0.39, 0.29) is 5.91 Å². The summed E-state index contributed by atoms with van der Waals surface area (Å²) in [5.41, 5.74) is 5.35. The maximum atomic E-state index is 11.6. The summed E-state index contributed by atoms with van der Waals surface area (Å²) in [5.74, 6) is 0.113. The van der Waals surface area contributed by atoms with E-state index in [1.165, 1.54) is 0 Å². The van der Waals surface area contributed by atoms with Crippen molar-refractivity contribution in [1.29, 1.82) is 0 Å². The molecule has 0 radical (unpaired) electrons. The monoisotopic (exact) mass is 198 g/mol. The highest BCUT2D eigenvalue weighted by Gasteiger charge is 2.18. The van der Waals surface area contributed by atoms with Gasteiger partial charge in [0.15, 0.2) is 0 Å². The van der Waals surface area contributed by atoms with Crippen molar-refractivity contribution >= 4 is 5.91 Å². The predicted molar refractivity (Wildman–Crippen MR) is 60.0 cm³/mol. The first-order valence-electron chi connectivity index (χ1n) is 5.00. The van der Waals surface area contributed by atoms with Gasteiger partial charge in [0.1, 0.15) is 0 Å². The van der Waals surface area contributed by atoms with Crippen LogP contribution in [-0.2, 0) is 4.79 Å². The molecule has 0 rings (SSSR count). The third-order valence-electron chi connectivity index (χ3n) is 1.93. The van der Waals surface area contributed by atoms with Gasteiger partial charge in [-0.3, -0.25) is 4.79 Å². The summed E-state index contributed by atoms with van der Waals surface area (Å²) in [4.78, 5) is 13.3. The van der Waals surface area contributed by atoms with Crippen LogP contribution in [0.25, 0.3) is 0 Å². The van der Waals surface area contributed by atoms with Crippen LogP contribution >= 0.6 is 0 Å². The fourth-order valence-corrected chi connectivity index (χ4v) is 1.12. The molecule has 0 aliphatic carbocycles. The summed E-state index contributed by atoms with van der Waals surface area (Å²) in [6.07, 6.45) is 4.18. The van der Waals surface area contributed by atoms with Crippen LogP contribution in [0.1, 0.15) is 33.1 Å². The van der Waals surface area contributed by atoms with Gasteiger partial charge >= 0.3 is 0 Å². The predicted octanol–water partition coefficient (Wildman–Crippen LogP) is 1.54. The molecule has 3 nitrogen and oxygen atoms in total. The molecule has 14 heavy (non-hydrogen) atoms. The van der Waals surface area contributed by atoms with Crippen LogP contribution in [0.15, 0.2) is 12.7 Å². The van der Waals surface area contributed by atoms with E-state index in [1.807, 2.05) is 27.0 Å². The van der Waals surface area contributed by atoms with Gasteiger partial charge in [-0.1, -0.05) is 6.08 Å². The van der Waals surface area contributed by atoms with Gasteiger partial charge in [0.2, 0.25) is 5.91 Å². The summed E-state index contributed by atoms with van der Waals surface area (Å²) in [6, 6.07) is 0. The van der Waals surface area contributed by atoms with Crippen molar-refractivity contribution in [3.8, 4) is 0 Å². The van der Waals surface area contributed by atoms with Crippen molar-refractivity contribution in [1.82, 2.24) is 4.90 Å². The molecule has 0 saturated carbocycles. The molecular weight excluding hydrogens is 176 g/mol. The van der Waals surface area contributed by atoms with Gasteiger partial charge in [-0.15, -0.1) is 6.58 Å². The minimum atomic E-state index is -0.413. The molecule has 0 unspecified atom stereocenters. The lowest BCUT2D eigenvalue weighted by Crippen LogP contribution is -2.40.